The highest BCUT2D eigenvalue weighted by Crippen LogP contribution is 2.26. The summed E-state index contributed by atoms with van der Waals surface area (Å²) in [6.07, 6.45) is 0. The first kappa shape index (κ1) is 10.1. The van der Waals surface area contributed by atoms with Crippen LogP contribution in [0.4, 0.5) is 5.69 Å². The molecule has 15 heavy (non-hydrogen) atoms. The summed E-state index contributed by atoms with van der Waals surface area (Å²) in [5.74, 6) is 1.52. The molecule has 1 aliphatic rings. The Labute approximate surface area is 93.3 Å². The van der Waals surface area contributed by atoms with Crippen LogP contribution in [-0.4, -0.2) is 26.2 Å². The van der Waals surface area contributed by atoms with Crippen molar-refractivity contribution in [2.24, 2.45) is 4.99 Å². The molecule has 0 unspecified atom stereocenters. The van der Waals surface area contributed by atoms with Crippen molar-refractivity contribution in [1.82, 2.24) is 5.32 Å². The van der Waals surface area contributed by atoms with Crippen molar-refractivity contribution in [3.8, 4) is 5.75 Å². The van der Waals surface area contributed by atoms with Gasteiger partial charge in [0.1, 0.15) is 5.75 Å². The summed E-state index contributed by atoms with van der Waals surface area (Å²) in [4.78, 5) is 4.22. The zero-order chi connectivity index (χ0) is 10.7. The monoisotopic (exact) mass is 225 g/mol. The number of halogens is 1. The molecule has 0 aromatic heterocycles. The van der Waals surface area contributed by atoms with E-state index in [1.165, 1.54) is 0 Å². The Bertz CT molecular complexity index is 392. The fourth-order valence-electron chi connectivity index (χ4n) is 1.34. The van der Waals surface area contributed by atoms with Crippen molar-refractivity contribution < 1.29 is 4.74 Å². The van der Waals surface area contributed by atoms with Crippen LogP contribution in [0.2, 0.25) is 5.02 Å². The van der Waals surface area contributed by atoms with Gasteiger partial charge in [-0.1, -0.05) is 11.6 Å². The highest BCUT2D eigenvalue weighted by molar-refractivity contribution is 6.33. The van der Waals surface area contributed by atoms with Crippen LogP contribution in [0.1, 0.15) is 0 Å². The number of hydrogen-bond acceptors (Lipinski definition) is 4. The number of nitrogens with zero attached hydrogens (tertiary/aromatic N) is 1. The summed E-state index contributed by atoms with van der Waals surface area (Å²) in [6.45, 7) is 1.66. The van der Waals surface area contributed by atoms with Gasteiger partial charge in [-0.05, 0) is 12.1 Å². The molecule has 0 bridgehead atoms. The van der Waals surface area contributed by atoms with Crippen LogP contribution in [0, 0.1) is 0 Å². The molecule has 2 rings (SSSR count). The summed E-state index contributed by atoms with van der Waals surface area (Å²) in [5, 5.41) is 6.87. The molecule has 0 saturated carbocycles. The van der Waals surface area contributed by atoms with E-state index in [0.29, 0.717) is 5.02 Å². The molecule has 1 heterocycles. The van der Waals surface area contributed by atoms with Crippen molar-refractivity contribution >= 4 is 23.2 Å². The maximum absolute atomic E-state index is 6.03. The number of aliphatic imine (C=N–C) groups is 1. The van der Waals surface area contributed by atoms with Crippen LogP contribution >= 0.6 is 11.6 Å². The third kappa shape index (κ3) is 2.33. The highest BCUT2D eigenvalue weighted by atomic mass is 35.5. The van der Waals surface area contributed by atoms with Crippen LogP contribution < -0.4 is 15.4 Å². The average molecular weight is 226 g/mol. The maximum Gasteiger partial charge on any atom is 0.195 e. The van der Waals surface area contributed by atoms with Crippen molar-refractivity contribution in [2.45, 2.75) is 0 Å². The number of anilines is 1. The molecule has 0 fully saturated rings. The quantitative estimate of drug-likeness (QED) is 0.806. The van der Waals surface area contributed by atoms with E-state index >= 15 is 0 Å². The molecule has 0 atom stereocenters. The summed E-state index contributed by atoms with van der Waals surface area (Å²) >= 11 is 6.03. The fourth-order valence-corrected chi connectivity index (χ4v) is 1.50. The minimum absolute atomic E-state index is 0.646. The van der Waals surface area contributed by atoms with E-state index < -0.39 is 0 Å². The lowest BCUT2D eigenvalue weighted by Crippen LogP contribution is -2.26. The average Bonchev–Trinajstić information content (AvgIpc) is 2.74. The van der Waals surface area contributed by atoms with E-state index in [4.69, 9.17) is 16.3 Å². The summed E-state index contributed by atoms with van der Waals surface area (Å²) in [7, 11) is 1.62. The zero-order valence-corrected chi connectivity index (χ0v) is 9.14. The van der Waals surface area contributed by atoms with Gasteiger partial charge in [0.05, 0.1) is 24.4 Å². The number of guanidine groups is 1. The molecule has 0 aliphatic carbocycles. The van der Waals surface area contributed by atoms with Gasteiger partial charge in [-0.3, -0.25) is 4.99 Å². The lowest BCUT2D eigenvalue weighted by Gasteiger charge is -2.09. The van der Waals surface area contributed by atoms with Gasteiger partial charge in [0.2, 0.25) is 0 Å². The minimum Gasteiger partial charge on any atom is -0.497 e. The van der Waals surface area contributed by atoms with Crippen molar-refractivity contribution in [3.05, 3.63) is 23.2 Å². The molecule has 0 saturated heterocycles. The van der Waals surface area contributed by atoms with Gasteiger partial charge in [-0.25, -0.2) is 0 Å². The topological polar surface area (TPSA) is 45.6 Å². The molecule has 1 aromatic carbocycles. The van der Waals surface area contributed by atoms with Crippen LogP contribution in [0.3, 0.4) is 0 Å². The molecular formula is C10H12ClN3O. The SMILES string of the molecule is COc1ccc(Cl)c(NC2=NCCN2)c1. The lowest BCUT2D eigenvalue weighted by molar-refractivity contribution is 0.415. The number of rotatable bonds is 2. The smallest absolute Gasteiger partial charge is 0.195 e. The van der Waals surface area contributed by atoms with Gasteiger partial charge in [0, 0.05) is 12.6 Å². The Kier molecular flexibility index (Phi) is 2.97. The second-order valence-electron chi connectivity index (χ2n) is 3.13. The maximum atomic E-state index is 6.03. The van der Waals surface area contributed by atoms with E-state index in [2.05, 4.69) is 15.6 Å². The molecule has 0 spiro atoms. The molecule has 0 radical (unpaired) electrons. The van der Waals surface area contributed by atoms with E-state index in [9.17, 15) is 0 Å². The summed E-state index contributed by atoms with van der Waals surface area (Å²) < 4.78 is 5.12. The van der Waals surface area contributed by atoms with Gasteiger partial charge in [-0.15, -0.1) is 0 Å². The number of nitrogens with one attached hydrogen (secondary N) is 2. The first-order valence-electron chi connectivity index (χ1n) is 4.68. The summed E-state index contributed by atoms with van der Waals surface area (Å²) in [5.41, 5.74) is 0.796. The second kappa shape index (κ2) is 4.40. The predicted molar refractivity (Wildman–Crippen MR) is 61.9 cm³/mol. The normalized spacial score (nSPS) is 14.4. The Morgan fingerprint density at radius 2 is 2.40 bits per heavy atom. The summed E-state index contributed by atoms with van der Waals surface area (Å²) in [6, 6.07) is 5.44. The standard InChI is InChI=1S/C10H12ClN3O/c1-15-7-2-3-8(11)9(6-7)14-10-12-4-5-13-10/h2-3,6H,4-5H2,1H3,(H2,12,13,14). The predicted octanol–water partition coefficient (Wildman–Crippen LogP) is 1.72. The van der Waals surface area contributed by atoms with E-state index in [-0.39, 0.29) is 0 Å². The van der Waals surface area contributed by atoms with Crippen LogP contribution in [0.25, 0.3) is 0 Å². The van der Waals surface area contributed by atoms with Crippen molar-refractivity contribution in [2.75, 3.05) is 25.5 Å². The fraction of sp³-hybridized carbons (Fsp3) is 0.300. The van der Waals surface area contributed by atoms with Gasteiger partial charge >= 0.3 is 0 Å². The molecule has 1 aromatic rings. The molecular weight excluding hydrogens is 214 g/mol. The van der Waals surface area contributed by atoms with Gasteiger partial charge in [0.25, 0.3) is 0 Å². The molecule has 0 amide bonds. The molecule has 80 valence electrons. The van der Waals surface area contributed by atoms with Gasteiger partial charge in [0.15, 0.2) is 5.96 Å². The van der Waals surface area contributed by atoms with E-state index in [1.54, 1.807) is 13.2 Å². The molecule has 2 N–H and O–H groups in total. The second-order valence-corrected chi connectivity index (χ2v) is 3.54. The number of methoxy groups -OCH3 is 1. The lowest BCUT2D eigenvalue weighted by atomic mass is 10.3. The van der Waals surface area contributed by atoms with E-state index in [1.807, 2.05) is 12.1 Å². The third-order valence-corrected chi connectivity index (χ3v) is 2.43. The first-order chi connectivity index (χ1) is 7.29. The third-order valence-electron chi connectivity index (χ3n) is 2.10. The highest BCUT2D eigenvalue weighted by Gasteiger charge is 2.08. The minimum atomic E-state index is 0.646. The number of ether oxygens (including phenoxy) is 1. The first-order valence-corrected chi connectivity index (χ1v) is 5.06. The van der Waals surface area contributed by atoms with Gasteiger partial charge < -0.3 is 15.4 Å². The molecule has 4 nitrogen and oxygen atoms in total. The largest absolute Gasteiger partial charge is 0.497 e. The number of benzene rings is 1. The Morgan fingerprint density at radius 3 is 3.07 bits per heavy atom. The molecule has 5 heteroatoms. The van der Waals surface area contributed by atoms with Crippen molar-refractivity contribution in [3.63, 3.8) is 0 Å². The Morgan fingerprint density at radius 1 is 1.53 bits per heavy atom. The number of hydrogen-bond donors (Lipinski definition) is 2. The van der Waals surface area contributed by atoms with Crippen molar-refractivity contribution in [1.29, 1.82) is 0 Å². The van der Waals surface area contributed by atoms with Crippen LogP contribution in [0.15, 0.2) is 23.2 Å². The van der Waals surface area contributed by atoms with Gasteiger partial charge in [-0.2, -0.15) is 0 Å². The van der Waals surface area contributed by atoms with Crippen LogP contribution in [0.5, 0.6) is 5.75 Å². The zero-order valence-electron chi connectivity index (χ0n) is 8.38. The molecule has 1 aliphatic heterocycles. The Balaban J connectivity index is 2.18. The van der Waals surface area contributed by atoms with E-state index in [0.717, 1.165) is 30.5 Å². The Hall–Kier alpha value is -1.42. The van der Waals surface area contributed by atoms with Crippen LogP contribution in [-0.2, 0) is 0 Å².